The number of amides is 3. The Balaban J connectivity index is 1.61. The monoisotopic (exact) mass is 352 g/mol. The predicted molar refractivity (Wildman–Crippen MR) is 89.5 cm³/mol. The van der Waals surface area contributed by atoms with Crippen LogP contribution in [0.4, 0.5) is 10.1 Å². The maximum atomic E-state index is 13.4. The number of nitrogens with zero attached hydrogens (tertiary/aromatic N) is 2. The van der Waals surface area contributed by atoms with Gasteiger partial charge in [0.15, 0.2) is 5.78 Å². The molecule has 4 rings (SSSR count). The molecule has 130 valence electrons. The molecule has 0 saturated carbocycles. The Morgan fingerprint density at radius 3 is 2.27 bits per heavy atom. The van der Waals surface area contributed by atoms with Crippen LogP contribution in [0.25, 0.3) is 0 Å². The quantitative estimate of drug-likeness (QED) is 0.775. The summed E-state index contributed by atoms with van der Waals surface area (Å²) in [5.74, 6) is -2.35. The molecule has 0 bridgehead atoms. The molecule has 0 fully saturated rings. The first-order valence-corrected chi connectivity index (χ1v) is 8.05. The van der Waals surface area contributed by atoms with E-state index >= 15 is 0 Å². The average molecular weight is 352 g/mol. The number of halogens is 1. The Morgan fingerprint density at radius 1 is 0.962 bits per heavy atom. The van der Waals surface area contributed by atoms with E-state index in [-0.39, 0.29) is 35.4 Å². The van der Waals surface area contributed by atoms with Crippen molar-refractivity contribution in [2.45, 2.75) is 6.42 Å². The number of benzene rings is 2. The van der Waals surface area contributed by atoms with E-state index in [0.29, 0.717) is 5.69 Å². The average Bonchev–Trinajstić information content (AvgIpc) is 2.88. The van der Waals surface area contributed by atoms with Gasteiger partial charge in [0.1, 0.15) is 12.4 Å². The highest BCUT2D eigenvalue weighted by atomic mass is 19.1. The number of hydrogen-bond acceptors (Lipinski definition) is 4. The largest absolute Gasteiger partial charge is 0.310 e. The van der Waals surface area contributed by atoms with E-state index in [4.69, 9.17) is 0 Å². The number of carbonyl (C=O) groups is 4. The Bertz CT molecular complexity index is 950. The summed E-state index contributed by atoms with van der Waals surface area (Å²) < 4.78 is 13.4. The van der Waals surface area contributed by atoms with Crippen LogP contribution < -0.4 is 4.90 Å². The Kier molecular flexibility index (Phi) is 3.64. The zero-order valence-corrected chi connectivity index (χ0v) is 13.6. The topological polar surface area (TPSA) is 74.8 Å². The predicted octanol–water partition coefficient (Wildman–Crippen LogP) is 2.04. The minimum atomic E-state index is -0.563. The van der Waals surface area contributed by atoms with Gasteiger partial charge in [0.05, 0.1) is 16.8 Å². The van der Waals surface area contributed by atoms with E-state index < -0.39 is 30.1 Å². The van der Waals surface area contributed by atoms with Crippen molar-refractivity contribution in [1.29, 1.82) is 0 Å². The third-order valence-electron chi connectivity index (χ3n) is 4.58. The summed E-state index contributed by atoms with van der Waals surface area (Å²) in [5, 5.41) is 0. The fourth-order valence-electron chi connectivity index (χ4n) is 3.30. The van der Waals surface area contributed by atoms with Crippen LogP contribution >= 0.6 is 0 Å². The Morgan fingerprint density at radius 2 is 1.62 bits per heavy atom. The van der Waals surface area contributed by atoms with E-state index in [1.807, 2.05) is 0 Å². The summed E-state index contributed by atoms with van der Waals surface area (Å²) in [6, 6.07) is 10.0. The highest BCUT2D eigenvalue weighted by molar-refractivity contribution is 6.23. The smallest absolute Gasteiger partial charge is 0.262 e. The molecule has 7 heteroatoms. The number of carbonyl (C=O) groups excluding carboxylic acids is 4. The van der Waals surface area contributed by atoms with E-state index in [1.54, 1.807) is 12.1 Å². The molecule has 0 aromatic heterocycles. The van der Waals surface area contributed by atoms with Gasteiger partial charge in [-0.1, -0.05) is 12.1 Å². The van der Waals surface area contributed by atoms with Crippen molar-refractivity contribution >= 4 is 29.2 Å². The summed E-state index contributed by atoms with van der Waals surface area (Å²) in [4.78, 5) is 51.7. The van der Waals surface area contributed by atoms with Gasteiger partial charge in [0, 0.05) is 18.5 Å². The molecular formula is C19H13FN2O4. The molecule has 0 saturated heterocycles. The molecule has 0 N–H and O–H groups in total. The lowest BCUT2D eigenvalue weighted by Gasteiger charge is -2.29. The van der Waals surface area contributed by atoms with Gasteiger partial charge < -0.3 is 4.90 Å². The minimum Gasteiger partial charge on any atom is -0.310 e. The van der Waals surface area contributed by atoms with E-state index in [2.05, 4.69) is 0 Å². The maximum absolute atomic E-state index is 13.4. The Hall–Kier alpha value is -3.35. The first-order valence-electron chi connectivity index (χ1n) is 8.05. The molecule has 2 aliphatic rings. The van der Waals surface area contributed by atoms with Gasteiger partial charge in [0.25, 0.3) is 11.8 Å². The van der Waals surface area contributed by atoms with E-state index in [0.717, 1.165) is 11.0 Å². The van der Waals surface area contributed by atoms with Crippen molar-refractivity contribution < 1.29 is 23.6 Å². The van der Waals surface area contributed by atoms with E-state index in [9.17, 15) is 23.6 Å². The highest BCUT2D eigenvalue weighted by Crippen LogP contribution is 2.29. The summed E-state index contributed by atoms with van der Waals surface area (Å²) in [6.07, 6.45) is 0.0598. The zero-order valence-electron chi connectivity index (χ0n) is 13.6. The summed E-state index contributed by atoms with van der Waals surface area (Å²) in [6.45, 7) is -0.309. The standard InChI is InChI=1S/C19H13FN2O4/c20-11-5-6-15-14(9-11)16(23)7-8-21(15)17(24)10-22-18(25)12-3-1-2-4-13(12)19(22)26/h1-6,9H,7-8,10H2. The second kappa shape index (κ2) is 5.87. The molecule has 26 heavy (non-hydrogen) atoms. The lowest BCUT2D eigenvalue weighted by Crippen LogP contribution is -2.45. The van der Waals surface area contributed by atoms with Crippen LogP contribution in [0, 0.1) is 5.82 Å². The molecule has 2 aromatic carbocycles. The number of fused-ring (bicyclic) bond motifs is 2. The number of imide groups is 1. The van der Waals surface area contributed by atoms with E-state index in [1.165, 1.54) is 29.2 Å². The van der Waals surface area contributed by atoms with Crippen molar-refractivity contribution in [3.63, 3.8) is 0 Å². The third kappa shape index (κ3) is 2.40. The zero-order chi connectivity index (χ0) is 18.4. The highest BCUT2D eigenvalue weighted by Gasteiger charge is 2.38. The van der Waals surface area contributed by atoms with Crippen molar-refractivity contribution in [2.24, 2.45) is 0 Å². The molecule has 6 nitrogen and oxygen atoms in total. The van der Waals surface area contributed by atoms with Crippen LogP contribution in [-0.4, -0.2) is 41.5 Å². The number of anilines is 1. The molecule has 2 heterocycles. The van der Waals surface area contributed by atoms with Crippen molar-refractivity contribution in [1.82, 2.24) is 4.90 Å². The lowest BCUT2D eigenvalue weighted by atomic mass is 10.00. The lowest BCUT2D eigenvalue weighted by molar-refractivity contribution is -0.119. The van der Waals surface area contributed by atoms with Gasteiger partial charge in [-0.05, 0) is 30.3 Å². The van der Waals surface area contributed by atoms with Crippen LogP contribution in [0.3, 0.4) is 0 Å². The van der Waals surface area contributed by atoms with Gasteiger partial charge in [0.2, 0.25) is 5.91 Å². The second-order valence-electron chi connectivity index (χ2n) is 6.12. The fourth-order valence-corrected chi connectivity index (χ4v) is 3.30. The molecule has 0 atom stereocenters. The SMILES string of the molecule is O=C1CCN(C(=O)CN2C(=O)c3ccccc3C2=O)c2ccc(F)cc21. The summed E-state index contributed by atoms with van der Waals surface area (Å²) in [5.41, 5.74) is 0.958. The molecule has 0 aliphatic carbocycles. The van der Waals surface area contributed by atoms with Crippen molar-refractivity contribution in [2.75, 3.05) is 18.0 Å². The summed E-state index contributed by atoms with van der Waals surface area (Å²) >= 11 is 0. The minimum absolute atomic E-state index is 0.0598. The van der Waals surface area contributed by atoms with Crippen molar-refractivity contribution in [3.8, 4) is 0 Å². The fraction of sp³-hybridized carbons (Fsp3) is 0.158. The van der Waals surface area contributed by atoms with Crippen LogP contribution in [0.15, 0.2) is 42.5 Å². The Labute approximate surface area is 147 Å². The molecule has 3 amide bonds. The summed E-state index contributed by atoms with van der Waals surface area (Å²) in [7, 11) is 0. The van der Waals surface area contributed by atoms with Gasteiger partial charge in [-0.2, -0.15) is 0 Å². The first-order chi connectivity index (χ1) is 12.5. The van der Waals surface area contributed by atoms with Gasteiger partial charge >= 0.3 is 0 Å². The van der Waals surface area contributed by atoms with Gasteiger partial charge in [-0.3, -0.25) is 24.1 Å². The van der Waals surface area contributed by atoms with Crippen molar-refractivity contribution in [3.05, 3.63) is 65.0 Å². The third-order valence-corrected chi connectivity index (χ3v) is 4.58. The number of Topliss-reactive ketones (excluding diaryl/α,β-unsaturated/α-hetero) is 1. The number of rotatable bonds is 2. The van der Waals surface area contributed by atoms with Crippen LogP contribution in [-0.2, 0) is 4.79 Å². The molecule has 0 spiro atoms. The molecule has 0 radical (unpaired) electrons. The van der Waals surface area contributed by atoms with Crippen LogP contribution in [0.1, 0.15) is 37.5 Å². The van der Waals surface area contributed by atoms with Gasteiger partial charge in [-0.15, -0.1) is 0 Å². The van der Waals surface area contributed by atoms with Crippen LogP contribution in [0.5, 0.6) is 0 Å². The molecular weight excluding hydrogens is 339 g/mol. The maximum Gasteiger partial charge on any atom is 0.262 e. The first kappa shape index (κ1) is 16.1. The normalized spacial score (nSPS) is 16.0. The molecule has 2 aliphatic heterocycles. The molecule has 2 aromatic rings. The molecule has 0 unspecified atom stereocenters. The second-order valence-corrected chi connectivity index (χ2v) is 6.12. The van der Waals surface area contributed by atoms with Gasteiger partial charge in [-0.25, -0.2) is 4.39 Å². The van der Waals surface area contributed by atoms with Crippen LogP contribution in [0.2, 0.25) is 0 Å². The number of hydrogen-bond donors (Lipinski definition) is 0. The number of ketones is 1.